The molecule has 0 fully saturated rings. The van der Waals surface area contributed by atoms with Crippen LogP contribution in [0.25, 0.3) is 0 Å². The van der Waals surface area contributed by atoms with E-state index in [1.165, 1.54) is 24.6 Å². The lowest BCUT2D eigenvalue weighted by Gasteiger charge is -2.22. The van der Waals surface area contributed by atoms with E-state index in [2.05, 4.69) is 27.7 Å². The van der Waals surface area contributed by atoms with Gasteiger partial charge in [0.25, 0.3) is 0 Å². The van der Waals surface area contributed by atoms with Gasteiger partial charge in [-0.3, -0.25) is 4.79 Å². The molecular formula is C12H24OS. The van der Waals surface area contributed by atoms with Gasteiger partial charge in [-0.25, -0.2) is 0 Å². The fourth-order valence-corrected chi connectivity index (χ4v) is 2.69. The second-order valence-corrected chi connectivity index (χ2v) is 5.82. The van der Waals surface area contributed by atoms with Gasteiger partial charge in [0.1, 0.15) is 0 Å². The first-order chi connectivity index (χ1) is 6.52. The standard InChI is InChI=1S/C12H24OS/c1-5-7-9-14-11(13)10-12(3,4)8-6-2/h5-10H2,1-4H3. The second kappa shape index (κ2) is 7.33. The number of hydrogen-bond acceptors (Lipinski definition) is 2. The topological polar surface area (TPSA) is 17.1 Å². The summed E-state index contributed by atoms with van der Waals surface area (Å²) in [5.41, 5.74) is 0.199. The average molecular weight is 216 g/mol. The van der Waals surface area contributed by atoms with Gasteiger partial charge >= 0.3 is 0 Å². The van der Waals surface area contributed by atoms with Crippen LogP contribution in [0.3, 0.4) is 0 Å². The number of unbranched alkanes of at least 4 members (excludes halogenated alkanes) is 1. The molecule has 0 saturated carbocycles. The van der Waals surface area contributed by atoms with Crippen molar-refractivity contribution in [2.75, 3.05) is 5.75 Å². The lowest BCUT2D eigenvalue weighted by Crippen LogP contribution is -2.15. The molecule has 0 spiro atoms. The lowest BCUT2D eigenvalue weighted by atomic mass is 9.85. The maximum atomic E-state index is 11.6. The van der Waals surface area contributed by atoms with Crippen LogP contribution in [0.4, 0.5) is 0 Å². The summed E-state index contributed by atoms with van der Waals surface area (Å²) >= 11 is 1.51. The van der Waals surface area contributed by atoms with Crippen molar-refractivity contribution in [2.24, 2.45) is 5.41 Å². The van der Waals surface area contributed by atoms with Gasteiger partial charge in [-0.2, -0.15) is 0 Å². The van der Waals surface area contributed by atoms with E-state index in [-0.39, 0.29) is 5.41 Å². The normalized spacial score (nSPS) is 11.7. The number of carbonyl (C=O) groups excluding carboxylic acids is 1. The Morgan fingerprint density at radius 2 is 1.86 bits per heavy atom. The summed E-state index contributed by atoms with van der Waals surface area (Å²) in [4.78, 5) is 11.6. The Morgan fingerprint density at radius 3 is 2.36 bits per heavy atom. The molecule has 0 N–H and O–H groups in total. The molecule has 0 unspecified atom stereocenters. The molecule has 14 heavy (non-hydrogen) atoms. The van der Waals surface area contributed by atoms with E-state index < -0.39 is 0 Å². The van der Waals surface area contributed by atoms with Crippen molar-refractivity contribution in [3.05, 3.63) is 0 Å². The SMILES string of the molecule is CCCCSC(=O)CC(C)(C)CCC. The van der Waals surface area contributed by atoms with Crippen LogP contribution in [0, 0.1) is 5.41 Å². The average Bonchev–Trinajstić information content (AvgIpc) is 2.03. The molecule has 2 heteroatoms. The van der Waals surface area contributed by atoms with Crippen LogP contribution < -0.4 is 0 Å². The van der Waals surface area contributed by atoms with Gasteiger partial charge in [0.15, 0.2) is 5.12 Å². The third-order valence-corrected chi connectivity index (χ3v) is 3.27. The molecule has 0 radical (unpaired) electrons. The summed E-state index contributed by atoms with van der Waals surface area (Å²) < 4.78 is 0. The van der Waals surface area contributed by atoms with Gasteiger partial charge in [0.05, 0.1) is 0 Å². The van der Waals surface area contributed by atoms with Crippen molar-refractivity contribution in [3.8, 4) is 0 Å². The summed E-state index contributed by atoms with van der Waals surface area (Å²) in [6.45, 7) is 8.71. The fourth-order valence-electron chi connectivity index (χ4n) is 1.54. The molecule has 0 rings (SSSR count). The molecule has 0 heterocycles. The van der Waals surface area contributed by atoms with E-state index in [9.17, 15) is 4.79 Å². The maximum absolute atomic E-state index is 11.6. The minimum atomic E-state index is 0.199. The molecule has 1 nitrogen and oxygen atoms in total. The van der Waals surface area contributed by atoms with Crippen molar-refractivity contribution in [2.45, 2.75) is 59.8 Å². The van der Waals surface area contributed by atoms with Crippen molar-refractivity contribution >= 4 is 16.9 Å². The number of thioether (sulfide) groups is 1. The van der Waals surface area contributed by atoms with Crippen LogP contribution >= 0.6 is 11.8 Å². The van der Waals surface area contributed by atoms with E-state index in [4.69, 9.17) is 0 Å². The molecule has 0 aromatic carbocycles. The first-order valence-corrected chi connectivity index (χ1v) is 6.66. The van der Waals surface area contributed by atoms with Gasteiger partial charge in [-0.15, -0.1) is 0 Å². The fraction of sp³-hybridized carbons (Fsp3) is 0.917. The Kier molecular flexibility index (Phi) is 7.34. The number of hydrogen-bond donors (Lipinski definition) is 0. The summed E-state index contributed by atoms with van der Waals surface area (Å²) in [5.74, 6) is 0.998. The molecule has 0 aliphatic heterocycles. The smallest absolute Gasteiger partial charge is 0.189 e. The van der Waals surface area contributed by atoms with Crippen LogP contribution in [-0.4, -0.2) is 10.9 Å². The number of carbonyl (C=O) groups is 1. The molecule has 0 aliphatic carbocycles. The van der Waals surface area contributed by atoms with Gasteiger partial charge in [0.2, 0.25) is 0 Å². The third-order valence-electron chi connectivity index (χ3n) is 2.31. The highest BCUT2D eigenvalue weighted by Crippen LogP contribution is 2.29. The third kappa shape index (κ3) is 7.43. The van der Waals surface area contributed by atoms with Gasteiger partial charge in [-0.05, 0) is 18.3 Å². The Labute approximate surface area is 93.0 Å². The minimum absolute atomic E-state index is 0.199. The summed E-state index contributed by atoms with van der Waals surface area (Å²) in [7, 11) is 0. The maximum Gasteiger partial charge on any atom is 0.189 e. The van der Waals surface area contributed by atoms with Gasteiger partial charge in [-0.1, -0.05) is 52.3 Å². The van der Waals surface area contributed by atoms with Gasteiger partial charge < -0.3 is 0 Å². The Bertz CT molecular complexity index is 164. The largest absolute Gasteiger partial charge is 0.287 e. The molecule has 0 aliphatic rings. The quantitative estimate of drug-likeness (QED) is 0.591. The zero-order valence-electron chi connectivity index (χ0n) is 10.1. The number of rotatable bonds is 7. The zero-order valence-corrected chi connectivity index (χ0v) is 10.9. The summed E-state index contributed by atoms with van der Waals surface area (Å²) in [5, 5.41) is 0.372. The highest BCUT2D eigenvalue weighted by molar-refractivity contribution is 8.13. The minimum Gasteiger partial charge on any atom is -0.287 e. The van der Waals surface area contributed by atoms with Crippen molar-refractivity contribution in [1.82, 2.24) is 0 Å². The van der Waals surface area contributed by atoms with Crippen molar-refractivity contribution < 1.29 is 4.79 Å². The predicted molar refractivity (Wildman–Crippen MR) is 65.7 cm³/mol. The van der Waals surface area contributed by atoms with Crippen LogP contribution in [0.2, 0.25) is 0 Å². The zero-order chi connectivity index (χ0) is 11.0. The van der Waals surface area contributed by atoms with Crippen LogP contribution in [-0.2, 0) is 4.79 Å². The van der Waals surface area contributed by atoms with E-state index in [0.717, 1.165) is 25.0 Å². The molecule has 0 amide bonds. The first kappa shape index (κ1) is 14.0. The van der Waals surface area contributed by atoms with E-state index >= 15 is 0 Å². The molecule has 0 aromatic rings. The molecular weight excluding hydrogens is 192 g/mol. The van der Waals surface area contributed by atoms with E-state index in [1.807, 2.05) is 0 Å². The molecule has 84 valence electrons. The lowest BCUT2D eigenvalue weighted by molar-refractivity contribution is -0.112. The predicted octanol–water partition coefficient (Wildman–Crippen LogP) is 4.26. The van der Waals surface area contributed by atoms with Crippen LogP contribution in [0.1, 0.15) is 59.8 Å². The second-order valence-electron chi connectivity index (χ2n) is 4.67. The first-order valence-electron chi connectivity index (χ1n) is 5.67. The van der Waals surface area contributed by atoms with Crippen LogP contribution in [0.5, 0.6) is 0 Å². The van der Waals surface area contributed by atoms with Gasteiger partial charge in [0, 0.05) is 12.2 Å². The summed E-state index contributed by atoms with van der Waals surface area (Å²) in [6, 6.07) is 0. The molecule has 0 atom stereocenters. The molecule has 0 bridgehead atoms. The molecule has 0 aromatic heterocycles. The Morgan fingerprint density at radius 1 is 1.21 bits per heavy atom. The monoisotopic (exact) mass is 216 g/mol. The highest BCUT2D eigenvalue weighted by atomic mass is 32.2. The van der Waals surface area contributed by atoms with Crippen LogP contribution in [0.15, 0.2) is 0 Å². The van der Waals surface area contributed by atoms with E-state index in [1.54, 1.807) is 0 Å². The summed E-state index contributed by atoms with van der Waals surface area (Å²) in [6.07, 6.45) is 5.38. The molecule has 0 saturated heterocycles. The van der Waals surface area contributed by atoms with Crippen molar-refractivity contribution in [1.29, 1.82) is 0 Å². The highest BCUT2D eigenvalue weighted by Gasteiger charge is 2.20. The van der Waals surface area contributed by atoms with Crippen molar-refractivity contribution in [3.63, 3.8) is 0 Å². The Balaban J connectivity index is 3.69. The van der Waals surface area contributed by atoms with E-state index in [0.29, 0.717) is 5.12 Å². The Hall–Kier alpha value is 0.0200.